The lowest BCUT2D eigenvalue weighted by Gasteiger charge is -2.44. The highest BCUT2D eigenvalue weighted by Gasteiger charge is 2.42. The summed E-state index contributed by atoms with van der Waals surface area (Å²) in [6, 6.07) is 8.48. The van der Waals surface area contributed by atoms with E-state index in [9.17, 15) is 4.79 Å². The van der Waals surface area contributed by atoms with Crippen molar-refractivity contribution in [1.29, 1.82) is 0 Å². The summed E-state index contributed by atoms with van der Waals surface area (Å²) in [6.07, 6.45) is 2.41. The van der Waals surface area contributed by atoms with Crippen LogP contribution in [-0.2, 0) is 11.2 Å². The van der Waals surface area contributed by atoms with E-state index in [1.165, 1.54) is 0 Å². The van der Waals surface area contributed by atoms with E-state index in [0.717, 1.165) is 50.0 Å². The Balaban J connectivity index is 1.36. The second kappa shape index (κ2) is 9.29. The molecule has 188 valence electrons. The topological polar surface area (TPSA) is 50.8 Å². The summed E-state index contributed by atoms with van der Waals surface area (Å²) in [5.74, 6) is 0.685. The largest absolute Gasteiger partial charge is 0.489 e. The lowest BCUT2D eigenvalue weighted by Crippen LogP contribution is -2.53. The maximum atomic E-state index is 15.4. The molecule has 3 saturated heterocycles. The number of carbonyl (C=O) groups excluding carboxylic acids is 1. The molecule has 0 saturated carbocycles. The highest BCUT2D eigenvalue weighted by molar-refractivity contribution is 6.32. The van der Waals surface area contributed by atoms with Crippen molar-refractivity contribution in [3.05, 3.63) is 52.3 Å². The van der Waals surface area contributed by atoms with Crippen molar-refractivity contribution in [2.45, 2.75) is 65.2 Å². The molecule has 2 aromatic carbocycles. The summed E-state index contributed by atoms with van der Waals surface area (Å²) in [7, 11) is 0. The predicted octanol–water partition coefficient (Wildman–Crippen LogP) is 6.38. The van der Waals surface area contributed by atoms with Crippen molar-refractivity contribution in [2.75, 3.05) is 19.6 Å². The Morgan fingerprint density at radius 3 is 2.57 bits per heavy atom. The smallest absolute Gasteiger partial charge is 0.407 e. The van der Waals surface area contributed by atoms with Crippen LogP contribution in [-0.4, -0.2) is 42.8 Å². The summed E-state index contributed by atoms with van der Waals surface area (Å²) in [6.45, 7) is 11.1. The van der Waals surface area contributed by atoms with Gasteiger partial charge in [0.25, 0.3) is 0 Å². The fraction of sp³-hybridized carbons (Fsp3) is 0.536. The molecular weight excluding hydrogens is 467 g/mol. The Hall–Kier alpha value is -2.31. The van der Waals surface area contributed by atoms with Gasteiger partial charge in [0.2, 0.25) is 0 Å². The van der Waals surface area contributed by atoms with E-state index >= 15 is 4.39 Å². The molecule has 3 aliphatic heterocycles. The maximum absolute atomic E-state index is 15.4. The van der Waals surface area contributed by atoms with E-state index in [2.05, 4.69) is 24.1 Å². The van der Waals surface area contributed by atoms with Crippen LogP contribution in [0.1, 0.15) is 57.7 Å². The van der Waals surface area contributed by atoms with E-state index in [-0.39, 0.29) is 29.5 Å². The lowest BCUT2D eigenvalue weighted by molar-refractivity contribution is -0.0349. The summed E-state index contributed by atoms with van der Waals surface area (Å²) in [5.41, 5.74) is 2.76. The minimum absolute atomic E-state index is 0.000736. The number of nitrogens with zero attached hydrogens (tertiary/aromatic N) is 1. The van der Waals surface area contributed by atoms with Crippen molar-refractivity contribution >= 4 is 17.7 Å². The third-order valence-electron chi connectivity index (χ3n) is 7.69. The third-order valence-corrected chi connectivity index (χ3v) is 7.99. The number of alkyl carbamates (subject to hydrolysis) is 1. The van der Waals surface area contributed by atoms with Crippen LogP contribution in [0.5, 0.6) is 5.75 Å². The van der Waals surface area contributed by atoms with E-state index in [1.807, 2.05) is 26.0 Å². The first-order chi connectivity index (χ1) is 16.6. The molecule has 1 amide bonds. The number of hydrogen-bond acceptors (Lipinski definition) is 4. The molecule has 5 nitrogen and oxygen atoms in total. The number of fused-ring (bicyclic) bond motifs is 4. The summed E-state index contributed by atoms with van der Waals surface area (Å²) >= 11 is 6.41. The fourth-order valence-corrected chi connectivity index (χ4v) is 6.14. The van der Waals surface area contributed by atoms with Gasteiger partial charge >= 0.3 is 6.09 Å². The van der Waals surface area contributed by atoms with Crippen LogP contribution in [0, 0.1) is 17.2 Å². The van der Waals surface area contributed by atoms with E-state index < -0.39 is 6.09 Å². The number of nitrogens with one attached hydrogen (secondary N) is 1. The number of rotatable bonds is 5. The van der Waals surface area contributed by atoms with Gasteiger partial charge in [0.05, 0.1) is 17.2 Å². The molecule has 4 aliphatic rings. The normalized spacial score (nSPS) is 26.5. The Morgan fingerprint density at radius 1 is 1.20 bits per heavy atom. The van der Waals surface area contributed by atoms with E-state index in [0.29, 0.717) is 27.8 Å². The Labute approximate surface area is 211 Å². The first-order valence-corrected chi connectivity index (χ1v) is 13.0. The van der Waals surface area contributed by atoms with Crippen molar-refractivity contribution in [3.63, 3.8) is 0 Å². The molecule has 3 heterocycles. The molecule has 1 aliphatic carbocycles. The van der Waals surface area contributed by atoms with Gasteiger partial charge in [-0.3, -0.25) is 4.90 Å². The Kier molecular flexibility index (Phi) is 6.47. The summed E-state index contributed by atoms with van der Waals surface area (Å²) in [5, 5.41) is 3.52. The third kappa shape index (κ3) is 4.88. The molecular formula is C28H34ClFN2O3. The average Bonchev–Trinajstić information content (AvgIpc) is 3.04. The SMILES string of the molecule is CC(C)Oc1ccc(-c2cc3c(cc2F)[C@H](NC(=O)O[C@H]2CN4CCC2CC4)C(C)(C)C3)cc1Cl. The quantitative estimate of drug-likeness (QED) is 0.517. The standard InChI is InChI=1S/C28H34ClFN2O3/c1-16(2)34-24-6-5-18(12-22(24)29)20-11-19-14-28(3,4)26(21(19)13-23(20)30)31-27(33)35-25-15-32-9-7-17(25)8-10-32/h5-6,11-13,16-17,25-26H,7-10,14-15H2,1-4H3,(H,31,33)/t25-,26-/m0/s1. The molecule has 6 rings (SSSR count). The molecule has 35 heavy (non-hydrogen) atoms. The van der Waals surface area contributed by atoms with Gasteiger partial charge in [0.15, 0.2) is 0 Å². The Bertz CT molecular complexity index is 1130. The number of carbonyl (C=O) groups is 1. The molecule has 0 radical (unpaired) electrons. The second-order valence-corrected chi connectivity index (χ2v) is 11.6. The summed E-state index contributed by atoms with van der Waals surface area (Å²) < 4.78 is 27.0. The van der Waals surface area contributed by atoms with E-state index in [1.54, 1.807) is 18.2 Å². The zero-order valence-electron chi connectivity index (χ0n) is 20.9. The van der Waals surface area contributed by atoms with Crippen LogP contribution in [0.4, 0.5) is 9.18 Å². The molecule has 1 N–H and O–H groups in total. The number of halogens is 2. The van der Waals surface area contributed by atoms with Crippen LogP contribution in [0.2, 0.25) is 5.02 Å². The van der Waals surface area contributed by atoms with Gasteiger partial charge < -0.3 is 14.8 Å². The molecule has 0 aromatic heterocycles. The van der Waals surface area contributed by atoms with Crippen LogP contribution in [0.15, 0.2) is 30.3 Å². The minimum atomic E-state index is -0.410. The minimum Gasteiger partial charge on any atom is -0.489 e. The molecule has 7 heteroatoms. The molecule has 0 spiro atoms. The van der Waals surface area contributed by atoms with Crippen molar-refractivity contribution < 1.29 is 18.7 Å². The van der Waals surface area contributed by atoms with Gasteiger partial charge in [0, 0.05) is 12.1 Å². The molecule has 2 aromatic rings. The molecule has 0 unspecified atom stereocenters. The number of piperidine rings is 3. The number of benzene rings is 2. The van der Waals surface area contributed by atoms with Crippen LogP contribution < -0.4 is 10.1 Å². The van der Waals surface area contributed by atoms with Gasteiger partial charge in [-0.25, -0.2) is 9.18 Å². The zero-order valence-corrected chi connectivity index (χ0v) is 21.6. The maximum Gasteiger partial charge on any atom is 0.407 e. The monoisotopic (exact) mass is 500 g/mol. The average molecular weight is 501 g/mol. The zero-order chi connectivity index (χ0) is 24.9. The first-order valence-electron chi connectivity index (χ1n) is 12.6. The highest BCUT2D eigenvalue weighted by Crippen LogP contribution is 2.47. The van der Waals surface area contributed by atoms with Crippen LogP contribution in [0.3, 0.4) is 0 Å². The van der Waals surface area contributed by atoms with Crippen molar-refractivity contribution in [3.8, 4) is 16.9 Å². The van der Waals surface area contributed by atoms with Crippen LogP contribution in [0.25, 0.3) is 11.1 Å². The van der Waals surface area contributed by atoms with Crippen LogP contribution >= 0.6 is 11.6 Å². The molecule has 2 bridgehead atoms. The van der Waals surface area contributed by atoms with Crippen molar-refractivity contribution in [1.82, 2.24) is 10.2 Å². The molecule has 2 atom stereocenters. The van der Waals surface area contributed by atoms with Crippen molar-refractivity contribution in [2.24, 2.45) is 11.3 Å². The van der Waals surface area contributed by atoms with Gasteiger partial charge in [-0.05, 0) is 98.5 Å². The van der Waals surface area contributed by atoms with Gasteiger partial charge in [-0.15, -0.1) is 0 Å². The number of amides is 1. The Morgan fingerprint density at radius 2 is 1.94 bits per heavy atom. The second-order valence-electron chi connectivity index (χ2n) is 11.2. The number of ether oxygens (including phenoxy) is 2. The highest BCUT2D eigenvalue weighted by atomic mass is 35.5. The van der Waals surface area contributed by atoms with Gasteiger partial charge in [-0.2, -0.15) is 0 Å². The first kappa shape index (κ1) is 24.4. The van der Waals surface area contributed by atoms with Gasteiger partial charge in [0.1, 0.15) is 17.7 Å². The lowest BCUT2D eigenvalue weighted by atomic mass is 9.85. The number of hydrogen-bond donors (Lipinski definition) is 1. The van der Waals surface area contributed by atoms with E-state index in [4.69, 9.17) is 21.1 Å². The molecule has 3 fully saturated rings. The van der Waals surface area contributed by atoms with Gasteiger partial charge in [-0.1, -0.05) is 31.5 Å². The predicted molar refractivity (Wildman–Crippen MR) is 135 cm³/mol. The fourth-order valence-electron chi connectivity index (χ4n) is 5.92. The summed E-state index contributed by atoms with van der Waals surface area (Å²) in [4.78, 5) is 15.2.